The molecule has 2 bridgehead atoms. The number of likely N-dealkylation sites (tertiary alicyclic amines) is 2. The van der Waals surface area contributed by atoms with E-state index in [1.165, 1.54) is 0 Å². The number of benzene rings is 1. The van der Waals surface area contributed by atoms with Crippen molar-refractivity contribution in [1.29, 1.82) is 5.26 Å². The molecular weight excluding hydrogens is 370 g/mol. The molecule has 8 nitrogen and oxygen atoms in total. The SMILES string of the molecule is C[C@@H](CN1C[C@@H]2C[C@H]1C(=O)N2c1cccc(C(N)=O)c1)C(=O)N1CCC[C@H]1C#N. The number of nitriles is 1. The predicted octanol–water partition coefficient (Wildman–Crippen LogP) is 0.726. The smallest absolute Gasteiger partial charge is 0.248 e. The van der Waals surface area contributed by atoms with Crippen molar-refractivity contribution in [2.75, 3.05) is 24.5 Å². The quantitative estimate of drug-likeness (QED) is 0.790. The number of piperazine rings is 1. The number of hydrogen-bond donors (Lipinski definition) is 1. The van der Waals surface area contributed by atoms with Gasteiger partial charge in [0.1, 0.15) is 6.04 Å². The van der Waals surface area contributed by atoms with Crippen LogP contribution < -0.4 is 10.6 Å². The summed E-state index contributed by atoms with van der Waals surface area (Å²) in [5.74, 6) is -0.785. The van der Waals surface area contributed by atoms with Crippen LogP contribution in [0.3, 0.4) is 0 Å². The van der Waals surface area contributed by atoms with Gasteiger partial charge in [0.2, 0.25) is 17.7 Å². The number of carbonyl (C=O) groups is 3. The number of hydrogen-bond acceptors (Lipinski definition) is 5. The van der Waals surface area contributed by atoms with Crippen molar-refractivity contribution in [1.82, 2.24) is 9.80 Å². The first-order valence-electron chi connectivity index (χ1n) is 10.1. The number of primary amides is 1. The molecule has 0 aliphatic carbocycles. The van der Waals surface area contributed by atoms with Gasteiger partial charge >= 0.3 is 0 Å². The summed E-state index contributed by atoms with van der Waals surface area (Å²) in [6, 6.07) is 8.50. The fourth-order valence-electron chi connectivity index (χ4n) is 4.89. The first kappa shape index (κ1) is 19.4. The summed E-state index contributed by atoms with van der Waals surface area (Å²) in [4.78, 5) is 42.8. The molecule has 3 aliphatic rings. The summed E-state index contributed by atoms with van der Waals surface area (Å²) in [7, 11) is 0. The van der Waals surface area contributed by atoms with E-state index in [9.17, 15) is 19.6 Å². The van der Waals surface area contributed by atoms with Crippen molar-refractivity contribution in [3.8, 4) is 6.07 Å². The van der Waals surface area contributed by atoms with E-state index in [2.05, 4.69) is 11.0 Å². The van der Waals surface area contributed by atoms with Crippen molar-refractivity contribution in [2.24, 2.45) is 11.7 Å². The third-order valence-corrected chi connectivity index (χ3v) is 6.29. The second kappa shape index (κ2) is 7.48. The second-order valence-corrected chi connectivity index (χ2v) is 8.20. The van der Waals surface area contributed by atoms with Crippen LogP contribution in [0.15, 0.2) is 24.3 Å². The van der Waals surface area contributed by atoms with Gasteiger partial charge in [0.15, 0.2) is 0 Å². The molecule has 3 aliphatic heterocycles. The average molecular weight is 395 g/mol. The number of carbonyl (C=O) groups excluding carboxylic acids is 3. The summed E-state index contributed by atoms with van der Waals surface area (Å²) in [5.41, 5.74) is 6.43. The van der Waals surface area contributed by atoms with E-state index >= 15 is 0 Å². The van der Waals surface area contributed by atoms with Crippen LogP contribution in [0, 0.1) is 17.2 Å². The van der Waals surface area contributed by atoms with Gasteiger partial charge in [-0.15, -0.1) is 0 Å². The lowest BCUT2D eigenvalue weighted by atomic mass is 10.1. The van der Waals surface area contributed by atoms with Gasteiger partial charge in [-0.25, -0.2) is 0 Å². The van der Waals surface area contributed by atoms with Crippen molar-refractivity contribution >= 4 is 23.4 Å². The van der Waals surface area contributed by atoms with Crippen LogP contribution in [0.1, 0.15) is 36.5 Å². The maximum absolute atomic E-state index is 13.0. The van der Waals surface area contributed by atoms with E-state index in [1.807, 2.05) is 13.0 Å². The molecule has 0 radical (unpaired) electrons. The van der Waals surface area contributed by atoms with Crippen LogP contribution in [-0.2, 0) is 9.59 Å². The number of anilines is 1. The average Bonchev–Trinajstić information content (AvgIpc) is 3.41. The van der Waals surface area contributed by atoms with E-state index < -0.39 is 5.91 Å². The lowest BCUT2D eigenvalue weighted by molar-refractivity contribution is -0.136. The lowest BCUT2D eigenvalue weighted by Gasteiger charge is -2.35. The summed E-state index contributed by atoms with van der Waals surface area (Å²) in [5, 5.41) is 9.23. The molecule has 4 atom stereocenters. The van der Waals surface area contributed by atoms with Crippen LogP contribution in [0.5, 0.6) is 0 Å². The zero-order valence-electron chi connectivity index (χ0n) is 16.5. The molecule has 8 heteroatoms. The van der Waals surface area contributed by atoms with Gasteiger partial charge in [0.25, 0.3) is 0 Å². The number of nitrogens with two attached hydrogens (primary N) is 1. The zero-order chi connectivity index (χ0) is 20.7. The molecule has 3 heterocycles. The molecule has 2 N–H and O–H groups in total. The molecular formula is C21H25N5O3. The van der Waals surface area contributed by atoms with Gasteiger partial charge in [0, 0.05) is 36.8 Å². The van der Waals surface area contributed by atoms with Crippen LogP contribution in [0.2, 0.25) is 0 Å². The minimum Gasteiger partial charge on any atom is -0.366 e. The van der Waals surface area contributed by atoms with Gasteiger partial charge in [-0.3, -0.25) is 19.3 Å². The maximum Gasteiger partial charge on any atom is 0.248 e. The molecule has 3 fully saturated rings. The Morgan fingerprint density at radius 3 is 2.86 bits per heavy atom. The van der Waals surface area contributed by atoms with E-state index in [-0.39, 0.29) is 35.9 Å². The van der Waals surface area contributed by atoms with Gasteiger partial charge in [-0.1, -0.05) is 13.0 Å². The van der Waals surface area contributed by atoms with Crippen molar-refractivity contribution in [2.45, 2.75) is 44.3 Å². The van der Waals surface area contributed by atoms with Crippen LogP contribution in [0.25, 0.3) is 0 Å². The molecule has 1 aromatic carbocycles. The Morgan fingerprint density at radius 2 is 2.17 bits per heavy atom. The third kappa shape index (κ3) is 3.36. The summed E-state index contributed by atoms with van der Waals surface area (Å²) in [6.07, 6.45) is 2.31. The molecule has 0 aromatic heterocycles. The minimum absolute atomic E-state index is 0.00130. The number of rotatable bonds is 5. The Morgan fingerprint density at radius 1 is 1.38 bits per heavy atom. The van der Waals surface area contributed by atoms with E-state index in [4.69, 9.17) is 5.73 Å². The summed E-state index contributed by atoms with van der Waals surface area (Å²) >= 11 is 0. The molecule has 0 unspecified atom stereocenters. The monoisotopic (exact) mass is 395 g/mol. The van der Waals surface area contributed by atoms with Gasteiger partial charge in [0.05, 0.1) is 18.2 Å². The summed E-state index contributed by atoms with van der Waals surface area (Å²) in [6.45, 7) is 3.71. The van der Waals surface area contributed by atoms with Gasteiger partial charge in [-0.2, -0.15) is 5.26 Å². The molecule has 152 valence electrons. The number of nitrogens with zero attached hydrogens (tertiary/aromatic N) is 4. The lowest BCUT2D eigenvalue weighted by Crippen LogP contribution is -2.53. The standard InChI is InChI=1S/C21H25N5O3/c1-13(20(28)25-7-3-6-16(25)10-22)11-24-12-17-9-18(24)21(29)26(17)15-5-2-4-14(8-15)19(23)27/h2,4-5,8,13,16-18H,3,6-7,9,11-12H2,1H3,(H2,23,27)/t13-,16-,17-,18-/m0/s1. The molecule has 1 aromatic rings. The van der Waals surface area contributed by atoms with E-state index in [1.54, 1.807) is 28.0 Å². The molecule has 4 rings (SSSR count). The first-order chi connectivity index (χ1) is 13.9. The molecule has 0 spiro atoms. The normalized spacial score (nSPS) is 27.3. The van der Waals surface area contributed by atoms with Crippen molar-refractivity contribution in [3.05, 3.63) is 29.8 Å². The second-order valence-electron chi connectivity index (χ2n) is 8.20. The van der Waals surface area contributed by atoms with Crippen molar-refractivity contribution < 1.29 is 14.4 Å². The van der Waals surface area contributed by atoms with E-state index in [0.29, 0.717) is 37.3 Å². The third-order valence-electron chi connectivity index (χ3n) is 6.29. The van der Waals surface area contributed by atoms with Gasteiger partial charge in [-0.05, 0) is 37.5 Å². The topological polar surface area (TPSA) is 111 Å². The highest BCUT2D eigenvalue weighted by Gasteiger charge is 2.50. The van der Waals surface area contributed by atoms with Crippen molar-refractivity contribution in [3.63, 3.8) is 0 Å². The zero-order valence-corrected chi connectivity index (χ0v) is 16.5. The molecule has 3 amide bonds. The maximum atomic E-state index is 13.0. The number of amides is 3. The Kier molecular flexibility index (Phi) is 5.01. The van der Waals surface area contributed by atoms with Crippen LogP contribution >= 0.6 is 0 Å². The Hall–Kier alpha value is -2.92. The van der Waals surface area contributed by atoms with Crippen LogP contribution in [0.4, 0.5) is 5.69 Å². The first-order valence-corrected chi connectivity index (χ1v) is 10.1. The highest BCUT2D eigenvalue weighted by Crippen LogP contribution is 2.36. The highest BCUT2D eigenvalue weighted by atomic mass is 16.2. The Bertz CT molecular complexity index is 895. The molecule has 29 heavy (non-hydrogen) atoms. The number of fused-ring (bicyclic) bond motifs is 2. The van der Waals surface area contributed by atoms with Crippen LogP contribution in [-0.4, -0.2) is 65.3 Å². The molecule has 3 saturated heterocycles. The largest absolute Gasteiger partial charge is 0.366 e. The highest BCUT2D eigenvalue weighted by molar-refractivity contribution is 6.02. The van der Waals surface area contributed by atoms with Gasteiger partial charge < -0.3 is 15.5 Å². The predicted molar refractivity (Wildman–Crippen MR) is 106 cm³/mol. The Balaban J connectivity index is 1.42. The Labute approximate surface area is 169 Å². The summed E-state index contributed by atoms with van der Waals surface area (Å²) < 4.78 is 0. The van der Waals surface area contributed by atoms with E-state index in [0.717, 1.165) is 12.8 Å². The fraction of sp³-hybridized carbons (Fsp3) is 0.524. The minimum atomic E-state index is -0.518. The molecule has 0 saturated carbocycles. The fourth-order valence-corrected chi connectivity index (χ4v) is 4.89.